The molecule has 0 aromatic carbocycles. The van der Waals surface area contributed by atoms with Crippen LogP contribution in [0.4, 0.5) is 0 Å². The molecule has 62 valence electrons. The van der Waals surface area contributed by atoms with Crippen molar-refractivity contribution >= 4 is 6.29 Å². The average molecular weight is 162 g/mol. The van der Waals surface area contributed by atoms with Gasteiger partial charge >= 0.3 is 0 Å². The summed E-state index contributed by atoms with van der Waals surface area (Å²) in [6, 6.07) is 0. The maximum atomic E-state index is 10.3. The zero-order chi connectivity index (χ0) is 8.55. The second kappa shape index (κ2) is 2.66. The Morgan fingerprint density at radius 3 is 2.50 bits per heavy atom. The topological polar surface area (TPSA) is 42.9 Å². The largest absolute Gasteiger partial charge is 0.298 e. The van der Waals surface area contributed by atoms with Gasteiger partial charge in [-0.15, -0.1) is 0 Å². The highest BCUT2D eigenvalue weighted by molar-refractivity contribution is 5.73. The number of carbonyl (C=O) groups is 1. The molecule has 2 atom stereocenters. The van der Waals surface area contributed by atoms with E-state index in [0.29, 0.717) is 17.4 Å². The number of nitrogens with zero attached hydrogens (tertiary/aromatic N) is 2. The van der Waals surface area contributed by atoms with Crippen LogP contribution < -0.4 is 0 Å². The zero-order valence-corrected chi connectivity index (χ0v) is 6.90. The van der Waals surface area contributed by atoms with E-state index < -0.39 is 0 Å². The van der Waals surface area contributed by atoms with E-state index in [2.05, 4.69) is 16.9 Å². The number of aromatic nitrogens is 2. The van der Waals surface area contributed by atoms with Gasteiger partial charge in [-0.05, 0) is 12.3 Å². The van der Waals surface area contributed by atoms with Crippen LogP contribution in [0.25, 0.3) is 0 Å². The highest BCUT2D eigenvalue weighted by atomic mass is 16.1. The van der Waals surface area contributed by atoms with Gasteiger partial charge in [0.25, 0.3) is 0 Å². The molecule has 1 aliphatic carbocycles. The summed E-state index contributed by atoms with van der Waals surface area (Å²) in [4.78, 5) is 18.5. The first-order chi connectivity index (χ1) is 5.81. The lowest BCUT2D eigenvalue weighted by molar-refractivity contribution is 0.112. The SMILES string of the molecule is CC1CC1c1ncc(C=O)cn1. The van der Waals surface area contributed by atoms with E-state index in [1.807, 2.05) is 0 Å². The van der Waals surface area contributed by atoms with E-state index in [1.54, 1.807) is 12.4 Å². The van der Waals surface area contributed by atoms with Crippen LogP contribution in [0.1, 0.15) is 35.4 Å². The molecule has 1 aromatic rings. The van der Waals surface area contributed by atoms with E-state index >= 15 is 0 Å². The van der Waals surface area contributed by atoms with Gasteiger partial charge in [0.2, 0.25) is 0 Å². The van der Waals surface area contributed by atoms with Crippen molar-refractivity contribution < 1.29 is 4.79 Å². The monoisotopic (exact) mass is 162 g/mol. The summed E-state index contributed by atoms with van der Waals surface area (Å²) in [5.74, 6) is 2.13. The molecular weight excluding hydrogens is 152 g/mol. The average Bonchev–Trinajstić information content (AvgIpc) is 2.83. The van der Waals surface area contributed by atoms with Gasteiger partial charge in [-0.2, -0.15) is 0 Å². The van der Waals surface area contributed by atoms with Crippen molar-refractivity contribution in [3.63, 3.8) is 0 Å². The summed E-state index contributed by atoms with van der Waals surface area (Å²) in [5.41, 5.74) is 0.548. The molecule has 0 radical (unpaired) electrons. The molecule has 0 spiro atoms. The Balaban J connectivity index is 2.19. The second-order valence-corrected chi connectivity index (χ2v) is 3.31. The molecule has 0 aliphatic heterocycles. The van der Waals surface area contributed by atoms with E-state index in [9.17, 15) is 4.79 Å². The predicted octanol–water partition coefficient (Wildman–Crippen LogP) is 1.41. The van der Waals surface area contributed by atoms with E-state index in [4.69, 9.17) is 0 Å². The lowest BCUT2D eigenvalue weighted by atomic mass is 10.3. The van der Waals surface area contributed by atoms with E-state index in [0.717, 1.165) is 12.1 Å². The van der Waals surface area contributed by atoms with Crippen molar-refractivity contribution in [3.8, 4) is 0 Å². The highest BCUT2D eigenvalue weighted by Gasteiger charge is 2.36. The summed E-state index contributed by atoms with van der Waals surface area (Å²) in [6.45, 7) is 2.18. The number of hydrogen-bond donors (Lipinski definition) is 0. The zero-order valence-electron chi connectivity index (χ0n) is 6.90. The van der Waals surface area contributed by atoms with Gasteiger partial charge in [0.1, 0.15) is 5.82 Å². The third kappa shape index (κ3) is 1.22. The first-order valence-electron chi connectivity index (χ1n) is 4.08. The summed E-state index contributed by atoms with van der Waals surface area (Å²) in [6.07, 6.45) is 5.11. The Hall–Kier alpha value is -1.25. The van der Waals surface area contributed by atoms with Crippen molar-refractivity contribution in [1.82, 2.24) is 9.97 Å². The third-order valence-electron chi connectivity index (χ3n) is 2.27. The van der Waals surface area contributed by atoms with Gasteiger partial charge in [0, 0.05) is 18.3 Å². The lowest BCUT2D eigenvalue weighted by Gasteiger charge is -1.95. The minimum absolute atomic E-state index is 0.533. The molecule has 2 unspecified atom stereocenters. The van der Waals surface area contributed by atoms with Crippen molar-refractivity contribution in [2.24, 2.45) is 5.92 Å². The van der Waals surface area contributed by atoms with Crippen LogP contribution in [0.15, 0.2) is 12.4 Å². The van der Waals surface area contributed by atoms with Gasteiger partial charge < -0.3 is 0 Å². The fourth-order valence-corrected chi connectivity index (χ4v) is 1.28. The van der Waals surface area contributed by atoms with Crippen LogP contribution in [0.5, 0.6) is 0 Å². The van der Waals surface area contributed by atoms with Crippen LogP contribution >= 0.6 is 0 Å². The minimum atomic E-state index is 0.533. The first-order valence-corrected chi connectivity index (χ1v) is 4.08. The molecule has 2 rings (SSSR count). The normalized spacial score (nSPS) is 26.8. The quantitative estimate of drug-likeness (QED) is 0.617. The molecule has 3 heteroatoms. The number of aldehydes is 1. The molecule has 0 bridgehead atoms. The van der Waals surface area contributed by atoms with Crippen LogP contribution in [0, 0.1) is 5.92 Å². The fourth-order valence-electron chi connectivity index (χ4n) is 1.28. The molecule has 0 N–H and O–H groups in total. The Morgan fingerprint density at radius 1 is 1.50 bits per heavy atom. The summed E-state index contributed by atoms with van der Waals surface area (Å²) >= 11 is 0. The van der Waals surface area contributed by atoms with Crippen LogP contribution in [-0.2, 0) is 0 Å². The van der Waals surface area contributed by atoms with Crippen molar-refractivity contribution in [2.45, 2.75) is 19.3 Å². The van der Waals surface area contributed by atoms with Gasteiger partial charge in [0.05, 0.1) is 5.56 Å². The van der Waals surface area contributed by atoms with Crippen molar-refractivity contribution in [3.05, 3.63) is 23.8 Å². The second-order valence-electron chi connectivity index (χ2n) is 3.31. The summed E-state index contributed by atoms with van der Waals surface area (Å²) in [5, 5.41) is 0. The molecule has 12 heavy (non-hydrogen) atoms. The smallest absolute Gasteiger partial charge is 0.153 e. The predicted molar refractivity (Wildman–Crippen MR) is 43.9 cm³/mol. The number of rotatable bonds is 2. The van der Waals surface area contributed by atoms with Gasteiger partial charge in [-0.3, -0.25) is 4.79 Å². The maximum absolute atomic E-state index is 10.3. The Kier molecular flexibility index (Phi) is 1.64. The molecule has 0 amide bonds. The molecule has 1 aliphatic rings. The number of hydrogen-bond acceptors (Lipinski definition) is 3. The van der Waals surface area contributed by atoms with E-state index in [-0.39, 0.29) is 0 Å². The van der Waals surface area contributed by atoms with Crippen LogP contribution in [-0.4, -0.2) is 16.3 Å². The molecule has 3 nitrogen and oxygen atoms in total. The third-order valence-corrected chi connectivity index (χ3v) is 2.27. The molecule has 0 saturated heterocycles. The highest BCUT2D eigenvalue weighted by Crippen LogP contribution is 2.44. The molecule has 1 fully saturated rings. The fraction of sp³-hybridized carbons (Fsp3) is 0.444. The standard InChI is InChI=1S/C9H10N2O/c1-6-2-8(6)9-10-3-7(5-12)4-11-9/h3-6,8H,2H2,1H3. The Bertz CT molecular complexity index is 294. The Morgan fingerprint density at radius 2 is 2.08 bits per heavy atom. The van der Waals surface area contributed by atoms with Crippen molar-refractivity contribution in [2.75, 3.05) is 0 Å². The first kappa shape index (κ1) is 7.40. The maximum Gasteiger partial charge on any atom is 0.153 e. The molecule has 1 heterocycles. The Labute approximate surface area is 70.9 Å². The molecular formula is C9H10N2O. The lowest BCUT2D eigenvalue weighted by Crippen LogP contribution is -1.94. The number of carbonyl (C=O) groups excluding carboxylic acids is 1. The van der Waals surface area contributed by atoms with E-state index in [1.165, 1.54) is 6.42 Å². The summed E-state index contributed by atoms with van der Waals surface area (Å²) in [7, 11) is 0. The van der Waals surface area contributed by atoms with Crippen LogP contribution in [0.2, 0.25) is 0 Å². The van der Waals surface area contributed by atoms with Crippen molar-refractivity contribution in [1.29, 1.82) is 0 Å². The van der Waals surface area contributed by atoms with Gasteiger partial charge in [-0.1, -0.05) is 6.92 Å². The molecule has 1 saturated carbocycles. The van der Waals surface area contributed by atoms with Gasteiger partial charge in [-0.25, -0.2) is 9.97 Å². The molecule has 1 aromatic heterocycles. The minimum Gasteiger partial charge on any atom is -0.298 e. The van der Waals surface area contributed by atoms with Crippen LogP contribution in [0.3, 0.4) is 0 Å². The summed E-state index contributed by atoms with van der Waals surface area (Å²) < 4.78 is 0. The van der Waals surface area contributed by atoms with Gasteiger partial charge in [0.15, 0.2) is 6.29 Å².